The van der Waals surface area contributed by atoms with Crippen molar-refractivity contribution >= 4 is 15.8 Å². The minimum absolute atomic E-state index is 0.201. The van der Waals surface area contributed by atoms with Gasteiger partial charge in [-0.05, 0) is 19.8 Å². The van der Waals surface area contributed by atoms with Crippen molar-refractivity contribution in [2.75, 3.05) is 31.6 Å². The molecule has 5 nitrogen and oxygen atoms in total. The van der Waals surface area contributed by atoms with Crippen LogP contribution in [0, 0.1) is 0 Å². The summed E-state index contributed by atoms with van der Waals surface area (Å²) in [5.74, 6) is 0.986. The predicted octanol–water partition coefficient (Wildman–Crippen LogP) is 1.56. The smallest absolute Gasteiger partial charge is 0.191 e. The van der Waals surface area contributed by atoms with Crippen LogP contribution in [0.25, 0.3) is 0 Å². The molecule has 6 heteroatoms. The topological polar surface area (TPSA) is 70.6 Å². The van der Waals surface area contributed by atoms with E-state index in [2.05, 4.69) is 22.5 Å². The van der Waals surface area contributed by atoms with Crippen LogP contribution in [0.1, 0.15) is 46.0 Å². The molecule has 0 atom stereocenters. The normalized spacial score (nSPS) is 12.5. The molecule has 0 unspecified atom stereocenters. The SMILES string of the molecule is CCCCCCNC(=NCCCS(C)(=O)=O)NCC. The van der Waals surface area contributed by atoms with E-state index in [1.165, 1.54) is 25.5 Å². The van der Waals surface area contributed by atoms with Gasteiger partial charge in [0, 0.05) is 25.9 Å². The third kappa shape index (κ3) is 13.5. The highest BCUT2D eigenvalue weighted by molar-refractivity contribution is 7.90. The monoisotopic (exact) mass is 291 g/mol. The Balaban J connectivity index is 3.88. The quantitative estimate of drug-likeness (QED) is 0.364. The van der Waals surface area contributed by atoms with Gasteiger partial charge in [0.2, 0.25) is 0 Å². The van der Waals surface area contributed by atoms with E-state index in [9.17, 15) is 8.42 Å². The first-order chi connectivity index (χ1) is 8.99. The predicted molar refractivity (Wildman–Crippen MR) is 82.5 cm³/mol. The summed E-state index contributed by atoms with van der Waals surface area (Å²) < 4.78 is 22.0. The number of guanidine groups is 1. The van der Waals surface area contributed by atoms with E-state index in [0.717, 1.165) is 25.5 Å². The molecule has 0 rings (SSSR count). The highest BCUT2D eigenvalue weighted by Gasteiger charge is 2.01. The van der Waals surface area contributed by atoms with Gasteiger partial charge in [-0.25, -0.2) is 8.42 Å². The second-order valence-electron chi connectivity index (χ2n) is 4.73. The maximum Gasteiger partial charge on any atom is 0.191 e. The van der Waals surface area contributed by atoms with Crippen LogP contribution in [0.4, 0.5) is 0 Å². The standard InChI is InChI=1S/C13H29N3O2S/c1-4-6-7-8-10-15-13(14-5-2)16-11-9-12-19(3,17)18/h4-12H2,1-3H3,(H2,14,15,16). The lowest BCUT2D eigenvalue weighted by Gasteiger charge is -2.10. The summed E-state index contributed by atoms with van der Waals surface area (Å²) in [6.07, 6.45) is 6.71. The van der Waals surface area contributed by atoms with E-state index in [1.807, 2.05) is 6.92 Å². The molecular weight excluding hydrogens is 262 g/mol. The lowest BCUT2D eigenvalue weighted by molar-refractivity contribution is 0.599. The summed E-state index contributed by atoms with van der Waals surface area (Å²) in [6.45, 7) is 6.48. The van der Waals surface area contributed by atoms with Crippen molar-refractivity contribution in [1.82, 2.24) is 10.6 Å². The molecule has 0 aromatic heterocycles. The molecule has 19 heavy (non-hydrogen) atoms. The summed E-state index contributed by atoms with van der Waals surface area (Å²) in [6, 6.07) is 0. The van der Waals surface area contributed by atoms with Gasteiger partial charge >= 0.3 is 0 Å². The van der Waals surface area contributed by atoms with Crippen molar-refractivity contribution in [2.24, 2.45) is 4.99 Å². The van der Waals surface area contributed by atoms with E-state index in [4.69, 9.17) is 0 Å². The maximum atomic E-state index is 11.0. The number of aliphatic imine (C=N–C) groups is 1. The summed E-state index contributed by atoms with van der Waals surface area (Å²) in [5, 5.41) is 6.43. The Bertz CT molecular complexity index is 340. The molecule has 0 heterocycles. The zero-order chi connectivity index (χ0) is 14.6. The number of hydrogen-bond donors (Lipinski definition) is 2. The van der Waals surface area contributed by atoms with Crippen molar-refractivity contribution in [3.05, 3.63) is 0 Å². The second kappa shape index (κ2) is 11.1. The van der Waals surface area contributed by atoms with Gasteiger partial charge < -0.3 is 10.6 Å². The lowest BCUT2D eigenvalue weighted by Crippen LogP contribution is -2.37. The van der Waals surface area contributed by atoms with Crippen molar-refractivity contribution in [3.63, 3.8) is 0 Å². The van der Waals surface area contributed by atoms with Gasteiger partial charge in [0.15, 0.2) is 5.96 Å². The molecule has 0 aliphatic carbocycles. The molecule has 114 valence electrons. The molecule has 0 radical (unpaired) electrons. The maximum absolute atomic E-state index is 11.0. The Morgan fingerprint density at radius 2 is 1.79 bits per heavy atom. The number of rotatable bonds is 10. The van der Waals surface area contributed by atoms with Crippen molar-refractivity contribution < 1.29 is 8.42 Å². The average Bonchev–Trinajstić information content (AvgIpc) is 2.33. The Hall–Kier alpha value is -0.780. The first-order valence-electron chi connectivity index (χ1n) is 7.19. The molecule has 0 aliphatic rings. The second-order valence-corrected chi connectivity index (χ2v) is 6.99. The van der Waals surface area contributed by atoms with Crippen LogP contribution in [0.15, 0.2) is 4.99 Å². The van der Waals surface area contributed by atoms with Gasteiger partial charge in [0.1, 0.15) is 9.84 Å². The van der Waals surface area contributed by atoms with E-state index >= 15 is 0 Å². The Labute approximate surface area is 118 Å². The number of hydrogen-bond acceptors (Lipinski definition) is 3. The van der Waals surface area contributed by atoms with Crippen LogP contribution in [0.2, 0.25) is 0 Å². The fraction of sp³-hybridized carbons (Fsp3) is 0.923. The zero-order valence-corrected chi connectivity index (χ0v) is 13.4. The van der Waals surface area contributed by atoms with Gasteiger partial charge in [-0.2, -0.15) is 0 Å². The third-order valence-corrected chi connectivity index (χ3v) is 3.64. The Morgan fingerprint density at radius 3 is 2.37 bits per heavy atom. The molecule has 0 aliphatic heterocycles. The third-order valence-electron chi connectivity index (χ3n) is 2.61. The Kier molecular flexibility index (Phi) is 10.6. The summed E-state index contributed by atoms with van der Waals surface area (Å²) >= 11 is 0. The van der Waals surface area contributed by atoms with Crippen LogP contribution in [0.5, 0.6) is 0 Å². The highest BCUT2D eigenvalue weighted by atomic mass is 32.2. The van der Waals surface area contributed by atoms with E-state index < -0.39 is 9.84 Å². The molecule has 0 aromatic rings. The molecule has 0 spiro atoms. The first kappa shape index (κ1) is 18.2. The van der Waals surface area contributed by atoms with E-state index in [1.54, 1.807) is 0 Å². The average molecular weight is 291 g/mol. The van der Waals surface area contributed by atoms with Crippen LogP contribution >= 0.6 is 0 Å². The number of nitrogens with zero attached hydrogens (tertiary/aromatic N) is 1. The molecule has 0 saturated heterocycles. The Morgan fingerprint density at radius 1 is 1.05 bits per heavy atom. The van der Waals surface area contributed by atoms with Gasteiger partial charge in [-0.1, -0.05) is 26.2 Å². The van der Waals surface area contributed by atoms with Gasteiger partial charge in [-0.15, -0.1) is 0 Å². The molecule has 0 fully saturated rings. The lowest BCUT2D eigenvalue weighted by atomic mass is 10.2. The molecular formula is C13H29N3O2S. The zero-order valence-electron chi connectivity index (χ0n) is 12.5. The fourth-order valence-electron chi connectivity index (χ4n) is 1.62. The molecule has 2 N–H and O–H groups in total. The van der Waals surface area contributed by atoms with Crippen molar-refractivity contribution in [3.8, 4) is 0 Å². The molecule has 0 saturated carbocycles. The molecule has 0 aromatic carbocycles. The first-order valence-corrected chi connectivity index (χ1v) is 9.25. The summed E-state index contributed by atoms with van der Waals surface area (Å²) in [4.78, 5) is 4.36. The summed E-state index contributed by atoms with van der Waals surface area (Å²) in [7, 11) is -2.87. The van der Waals surface area contributed by atoms with Crippen LogP contribution in [0.3, 0.4) is 0 Å². The highest BCUT2D eigenvalue weighted by Crippen LogP contribution is 1.97. The van der Waals surface area contributed by atoms with Gasteiger partial charge in [0.05, 0.1) is 5.75 Å². The van der Waals surface area contributed by atoms with E-state index in [-0.39, 0.29) is 5.75 Å². The van der Waals surface area contributed by atoms with Gasteiger partial charge in [0.25, 0.3) is 0 Å². The van der Waals surface area contributed by atoms with Crippen LogP contribution in [-0.4, -0.2) is 46.0 Å². The van der Waals surface area contributed by atoms with Crippen LogP contribution < -0.4 is 10.6 Å². The molecule has 0 amide bonds. The largest absolute Gasteiger partial charge is 0.357 e. The number of unbranched alkanes of at least 4 members (excludes halogenated alkanes) is 3. The summed E-state index contributed by atoms with van der Waals surface area (Å²) in [5.41, 5.74) is 0. The minimum atomic E-state index is -2.87. The van der Waals surface area contributed by atoms with Gasteiger partial charge in [-0.3, -0.25) is 4.99 Å². The fourth-order valence-corrected chi connectivity index (χ4v) is 2.27. The minimum Gasteiger partial charge on any atom is -0.357 e. The number of sulfone groups is 1. The van der Waals surface area contributed by atoms with E-state index in [0.29, 0.717) is 13.0 Å². The molecule has 0 bridgehead atoms. The van der Waals surface area contributed by atoms with Crippen molar-refractivity contribution in [2.45, 2.75) is 46.0 Å². The van der Waals surface area contributed by atoms with Crippen LogP contribution in [-0.2, 0) is 9.84 Å². The number of nitrogens with one attached hydrogen (secondary N) is 2. The van der Waals surface area contributed by atoms with Crippen molar-refractivity contribution in [1.29, 1.82) is 0 Å².